The molecule has 1 heteroatoms. The Morgan fingerprint density at radius 1 is 0.480 bits per heavy atom. The fourth-order valence-corrected chi connectivity index (χ4v) is 3.79. The maximum atomic E-state index is 3.33. The zero-order valence-electron chi connectivity index (χ0n) is 17.4. The molecule has 0 aliphatic rings. The number of hydrogen-bond donors (Lipinski definition) is 1. The van der Waals surface area contributed by atoms with Crippen molar-refractivity contribution in [1.82, 2.24) is 4.98 Å². The first-order valence-corrected chi connectivity index (χ1v) is 11.5. The van der Waals surface area contributed by atoms with E-state index in [1.54, 1.807) is 11.1 Å². The molecule has 0 saturated heterocycles. The molecule has 0 bridgehead atoms. The Morgan fingerprint density at radius 3 is 1.20 bits per heavy atom. The standard InChI is InChI=1S/C24H45N/c1-3-5-7-9-10-11-12-13-14-15-16-18-20-24-22-25-21-23(24)19-17-8-6-4-2/h21-22,25H,3-20H2,1-2H3. The van der Waals surface area contributed by atoms with Crippen LogP contribution in [-0.2, 0) is 12.8 Å². The summed E-state index contributed by atoms with van der Waals surface area (Å²) in [5.74, 6) is 0. The third-order valence-electron chi connectivity index (χ3n) is 5.53. The molecule has 0 fully saturated rings. The number of aromatic amines is 1. The van der Waals surface area contributed by atoms with E-state index >= 15 is 0 Å². The number of H-pyrrole nitrogens is 1. The quantitative estimate of drug-likeness (QED) is 0.257. The number of nitrogens with one attached hydrogen (secondary N) is 1. The highest BCUT2D eigenvalue weighted by molar-refractivity contribution is 5.23. The van der Waals surface area contributed by atoms with Crippen molar-refractivity contribution in [2.24, 2.45) is 0 Å². The lowest BCUT2D eigenvalue weighted by molar-refractivity contribution is 0.544. The van der Waals surface area contributed by atoms with Gasteiger partial charge in [0.15, 0.2) is 0 Å². The highest BCUT2D eigenvalue weighted by Crippen LogP contribution is 2.17. The number of unbranched alkanes of at least 4 members (excludes halogenated alkanes) is 14. The molecule has 1 heterocycles. The molecular formula is C24H45N. The fourth-order valence-electron chi connectivity index (χ4n) is 3.79. The molecule has 0 aliphatic heterocycles. The van der Waals surface area contributed by atoms with E-state index in [-0.39, 0.29) is 0 Å². The van der Waals surface area contributed by atoms with E-state index in [0.29, 0.717) is 0 Å². The molecule has 1 aromatic rings. The van der Waals surface area contributed by atoms with Crippen molar-refractivity contribution >= 4 is 0 Å². The van der Waals surface area contributed by atoms with Crippen LogP contribution in [0.25, 0.3) is 0 Å². The summed E-state index contributed by atoms with van der Waals surface area (Å²) in [4.78, 5) is 3.33. The van der Waals surface area contributed by atoms with E-state index < -0.39 is 0 Å². The highest BCUT2D eigenvalue weighted by Gasteiger charge is 2.03. The lowest BCUT2D eigenvalue weighted by Gasteiger charge is -2.05. The summed E-state index contributed by atoms with van der Waals surface area (Å²) in [6, 6.07) is 0. The maximum absolute atomic E-state index is 3.33. The zero-order valence-corrected chi connectivity index (χ0v) is 17.4. The van der Waals surface area contributed by atoms with Gasteiger partial charge in [0.05, 0.1) is 0 Å². The maximum Gasteiger partial charge on any atom is 0.00401 e. The van der Waals surface area contributed by atoms with Crippen LogP contribution in [0.1, 0.15) is 128 Å². The summed E-state index contributed by atoms with van der Waals surface area (Å²) >= 11 is 0. The van der Waals surface area contributed by atoms with Gasteiger partial charge in [-0.3, -0.25) is 0 Å². The van der Waals surface area contributed by atoms with E-state index in [9.17, 15) is 0 Å². The molecule has 0 radical (unpaired) electrons. The monoisotopic (exact) mass is 347 g/mol. The minimum Gasteiger partial charge on any atom is -0.367 e. The van der Waals surface area contributed by atoms with Crippen LogP contribution in [0.5, 0.6) is 0 Å². The number of hydrogen-bond acceptors (Lipinski definition) is 0. The molecule has 1 aromatic heterocycles. The van der Waals surface area contributed by atoms with Gasteiger partial charge in [-0.2, -0.15) is 0 Å². The van der Waals surface area contributed by atoms with Crippen molar-refractivity contribution < 1.29 is 0 Å². The van der Waals surface area contributed by atoms with Gasteiger partial charge in [-0.05, 0) is 36.8 Å². The summed E-state index contributed by atoms with van der Waals surface area (Å²) in [6.45, 7) is 4.58. The van der Waals surface area contributed by atoms with E-state index in [1.165, 1.54) is 116 Å². The Bertz CT molecular complexity index is 379. The molecule has 1 rings (SSSR count). The molecule has 146 valence electrons. The molecule has 25 heavy (non-hydrogen) atoms. The minimum atomic E-state index is 1.27. The predicted octanol–water partition coefficient (Wildman–Crippen LogP) is 8.38. The van der Waals surface area contributed by atoms with Crippen LogP contribution in [0, 0.1) is 0 Å². The second kappa shape index (κ2) is 16.7. The van der Waals surface area contributed by atoms with Gasteiger partial charge in [0, 0.05) is 12.4 Å². The molecule has 0 saturated carbocycles. The summed E-state index contributed by atoms with van der Waals surface area (Å²) in [6.07, 6.45) is 29.7. The molecule has 0 aliphatic carbocycles. The average molecular weight is 348 g/mol. The smallest absolute Gasteiger partial charge is 0.00401 e. The SMILES string of the molecule is CCCCCCCCCCCCCCc1c[nH]cc1CCCCCC. The summed E-state index contributed by atoms with van der Waals surface area (Å²) in [5.41, 5.74) is 3.17. The van der Waals surface area contributed by atoms with Gasteiger partial charge in [0.2, 0.25) is 0 Å². The zero-order chi connectivity index (χ0) is 18.0. The Morgan fingerprint density at radius 2 is 0.800 bits per heavy atom. The van der Waals surface area contributed by atoms with Crippen LogP contribution in [0.15, 0.2) is 12.4 Å². The van der Waals surface area contributed by atoms with Crippen LogP contribution >= 0.6 is 0 Å². The van der Waals surface area contributed by atoms with Gasteiger partial charge in [0.25, 0.3) is 0 Å². The summed E-state index contributed by atoms with van der Waals surface area (Å²) in [5, 5.41) is 0. The summed E-state index contributed by atoms with van der Waals surface area (Å²) in [7, 11) is 0. The first-order valence-electron chi connectivity index (χ1n) is 11.5. The van der Waals surface area contributed by atoms with Crippen LogP contribution in [0.3, 0.4) is 0 Å². The molecule has 1 N–H and O–H groups in total. The normalized spacial score (nSPS) is 11.3. The van der Waals surface area contributed by atoms with E-state index in [2.05, 4.69) is 31.2 Å². The Hall–Kier alpha value is -0.720. The van der Waals surface area contributed by atoms with Gasteiger partial charge in [-0.1, -0.05) is 104 Å². The molecule has 0 spiro atoms. The van der Waals surface area contributed by atoms with Crippen LogP contribution < -0.4 is 0 Å². The first kappa shape index (κ1) is 22.3. The van der Waals surface area contributed by atoms with Crippen molar-refractivity contribution in [3.63, 3.8) is 0 Å². The van der Waals surface area contributed by atoms with Gasteiger partial charge >= 0.3 is 0 Å². The third kappa shape index (κ3) is 12.3. The second-order valence-electron chi connectivity index (χ2n) is 7.96. The molecule has 0 aromatic carbocycles. The van der Waals surface area contributed by atoms with Gasteiger partial charge in [-0.15, -0.1) is 0 Å². The van der Waals surface area contributed by atoms with Gasteiger partial charge in [0.1, 0.15) is 0 Å². The first-order chi connectivity index (χ1) is 12.4. The molecule has 0 unspecified atom stereocenters. The van der Waals surface area contributed by atoms with E-state index in [4.69, 9.17) is 0 Å². The Balaban J connectivity index is 1.92. The topological polar surface area (TPSA) is 15.8 Å². The summed E-state index contributed by atoms with van der Waals surface area (Å²) < 4.78 is 0. The Kier molecular flexibility index (Phi) is 14.9. The minimum absolute atomic E-state index is 1.27. The van der Waals surface area contributed by atoms with Crippen molar-refractivity contribution in [2.75, 3.05) is 0 Å². The second-order valence-corrected chi connectivity index (χ2v) is 7.96. The van der Waals surface area contributed by atoms with Crippen molar-refractivity contribution in [3.8, 4) is 0 Å². The fraction of sp³-hybridized carbons (Fsp3) is 0.833. The van der Waals surface area contributed by atoms with Crippen LogP contribution in [0.2, 0.25) is 0 Å². The molecular weight excluding hydrogens is 302 g/mol. The van der Waals surface area contributed by atoms with Gasteiger partial charge < -0.3 is 4.98 Å². The molecule has 0 amide bonds. The van der Waals surface area contributed by atoms with Crippen LogP contribution in [-0.4, -0.2) is 4.98 Å². The van der Waals surface area contributed by atoms with Crippen molar-refractivity contribution in [1.29, 1.82) is 0 Å². The van der Waals surface area contributed by atoms with E-state index in [0.717, 1.165) is 0 Å². The largest absolute Gasteiger partial charge is 0.367 e. The lowest BCUT2D eigenvalue weighted by Crippen LogP contribution is -1.91. The van der Waals surface area contributed by atoms with Crippen molar-refractivity contribution in [3.05, 3.63) is 23.5 Å². The average Bonchev–Trinajstić information content (AvgIpc) is 3.07. The van der Waals surface area contributed by atoms with Gasteiger partial charge in [-0.25, -0.2) is 0 Å². The molecule has 0 atom stereocenters. The third-order valence-corrected chi connectivity index (χ3v) is 5.53. The number of aromatic nitrogens is 1. The van der Waals surface area contributed by atoms with Crippen LogP contribution in [0.4, 0.5) is 0 Å². The number of aryl methyl sites for hydroxylation is 2. The molecule has 1 nitrogen and oxygen atoms in total. The van der Waals surface area contributed by atoms with E-state index in [1.807, 2.05) is 0 Å². The lowest BCUT2D eigenvalue weighted by atomic mass is 10.0. The van der Waals surface area contributed by atoms with Crippen molar-refractivity contribution in [2.45, 2.75) is 129 Å². The predicted molar refractivity (Wildman–Crippen MR) is 113 cm³/mol. The Labute approximate surface area is 158 Å². The number of rotatable bonds is 18. The highest BCUT2D eigenvalue weighted by atomic mass is 14.6.